The molecule has 0 heterocycles. The van der Waals surface area contributed by atoms with Crippen molar-refractivity contribution in [3.8, 4) is 0 Å². The van der Waals surface area contributed by atoms with Crippen molar-refractivity contribution in [3.05, 3.63) is 47.0 Å². The molecule has 2 rings (SSSR count). The molecule has 1 aromatic rings. The minimum atomic E-state index is 0.224. The molecule has 1 aliphatic carbocycles. The highest BCUT2D eigenvalue weighted by atomic mass is 16.3. The van der Waals surface area contributed by atoms with Crippen molar-refractivity contribution < 1.29 is 5.11 Å². The molecule has 1 N–H and O–H groups in total. The molecule has 0 aliphatic heterocycles. The Hall–Kier alpha value is -1.08. The minimum Gasteiger partial charge on any atom is -0.392 e. The van der Waals surface area contributed by atoms with Gasteiger partial charge in [-0.25, -0.2) is 0 Å². The fraction of sp³-hybridized carbons (Fsp3) is 0.385. The molecule has 1 heteroatoms. The second kappa shape index (κ2) is 4.43. The van der Waals surface area contributed by atoms with E-state index in [0.29, 0.717) is 0 Å². The first-order valence-electron chi connectivity index (χ1n) is 5.25. The van der Waals surface area contributed by atoms with E-state index in [9.17, 15) is 0 Å². The molecule has 0 aromatic heterocycles. The van der Waals surface area contributed by atoms with E-state index in [2.05, 4.69) is 30.3 Å². The minimum absolute atomic E-state index is 0.224. The lowest BCUT2D eigenvalue weighted by atomic mass is 9.93. The zero-order chi connectivity index (χ0) is 9.80. The molecule has 0 atom stereocenters. The van der Waals surface area contributed by atoms with Gasteiger partial charge in [0.1, 0.15) is 0 Å². The summed E-state index contributed by atoms with van der Waals surface area (Å²) in [6.07, 6.45) is 6.44. The molecule has 14 heavy (non-hydrogen) atoms. The Morgan fingerprint density at radius 2 is 1.71 bits per heavy atom. The summed E-state index contributed by atoms with van der Waals surface area (Å²) in [5, 5.41) is 9.09. The van der Waals surface area contributed by atoms with Gasteiger partial charge in [-0.15, -0.1) is 0 Å². The standard InChI is InChI=1S/C13H16O/c14-10-11-4-3-7-12-5-1-2-6-13(12)9-8-11/h1-2,4-6,14H,3,7-10H2/b11-4+. The quantitative estimate of drug-likeness (QED) is 0.671. The van der Waals surface area contributed by atoms with Crippen LogP contribution in [0.3, 0.4) is 0 Å². The van der Waals surface area contributed by atoms with E-state index in [-0.39, 0.29) is 6.61 Å². The van der Waals surface area contributed by atoms with Crippen molar-refractivity contribution in [2.24, 2.45) is 0 Å². The Bertz CT molecular complexity index is 339. The zero-order valence-corrected chi connectivity index (χ0v) is 8.37. The van der Waals surface area contributed by atoms with Gasteiger partial charge in [-0.05, 0) is 42.4 Å². The molecular formula is C13H16O. The van der Waals surface area contributed by atoms with E-state index < -0.39 is 0 Å². The van der Waals surface area contributed by atoms with Crippen LogP contribution in [0.1, 0.15) is 24.0 Å². The number of rotatable bonds is 1. The third-order valence-electron chi connectivity index (χ3n) is 2.88. The molecular weight excluding hydrogens is 172 g/mol. The number of allylic oxidation sites excluding steroid dienone is 1. The molecule has 0 spiro atoms. The van der Waals surface area contributed by atoms with Gasteiger partial charge in [0.15, 0.2) is 0 Å². The van der Waals surface area contributed by atoms with Crippen molar-refractivity contribution in [2.45, 2.75) is 25.7 Å². The lowest BCUT2D eigenvalue weighted by molar-refractivity contribution is 0.325. The van der Waals surface area contributed by atoms with Gasteiger partial charge in [0, 0.05) is 0 Å². The summed E-state index contributed by atoms with van der Waals surface area (Å²) in [4.78, 5) is 0. The number of aliphatic hydroxyl groups excluding tert-OH is 1. The summed E-state index contributed by atoms with van der Waals surface area (Å²) in [6.45, 7) is 0.224. The highest BCUT2D eigenvalue weighted by Gasteiger charge is 2.06. The monoisotopic (exact) mass is 188 g/mol. The van der Waals surface area contributed by atoms with Crippen molar-refractivity contribution in [1.29, 1.82) is 0 Å². The van der Waals surface area contributed by atoms with Crippen LogP contribution in [0.25, 0.3) is 0 Å². The van der Waals surface area contributed by atoms with Crippen molar-refractivity contribution in [2.75, 3.05) is 6.61 Å². The average molecular weight is 188 g/mol. The van der Waals surface area contributed by atoms with Gasteiger partial charge < -0.3 is 5.11 Å². The molecule has 0 fully saturated rings. The first-order chi connectivity index (χ1) is 6.90. The Balaban J connectivity index is 2.19. The topological polar surface area (TPSA) is 20.2 Å². The molecule has 0 saturated carbocycles. The molecule has 0 radical (unpaired) electrons. The maximum atomic E-state index is 9.09. The summed E-state index contributed by atoms with van der Waals surface area (Å²) >= 11 is 0. The first kappa shape index (κ1) is 9.47. The van der Waals surface area contributed by atoms with E-state index >= 15 is 0 Å². The summed E-state index contributed by atoms with van der Waals surface area (Å²) in [7, 11) is 0. The van der Waals surface area contributed by atoms with Crippen LogP contribution in [-0.2, 0) is 12.8 Å². The number of benzene rings is 1. The van der Waals surface area contributed by atoms with Crippen LogP contribution in [0.2, 0.25) is 0 Å². The summed E-state index contributed by atoms with van der Waals surface area (Å²) in [6, 6.07) is 8.63. The molecule has 1 aromatic carbocycles. The Labute approximate surface area is 85.1 Å². The number of aliphatic hydroxyl groups is 1. The van der Waals surface area contributed by atoms with Crippen molar-refractivity contribution in [1.82, 2.24) is 0 Å². The lowest BCUT2D eigenvalue weighted by Crippen LogP contribution is -2.01. The Morgan fingerprint density at radius 3 is 2.43 bits per heavy atom. The highest BCUT2D eigenvalue weighted by Crippen LogP contribution is 2.19. The van der Waals surface area contributed by atoms with Gasteiger partial charge >= 0.3 is 0 Å². The van der Waals surface area contributed by atoms with Crippen LogP contribution in [0.5, 0.6) is 0 Å². The summed E-state index contributed by atoms with van der Waals surface area (Å²) in [5.74, 6) is 0. The van der Waals surface area contributed by atoms with Crippen LogP contribution >= 0.6 is 0 Å². The van der Waals surface area contributed by atoms with E-state index in [1.165, 1.54) is 16.7 Å². The van der Waals surface area contributed by atoms with Crippen LogP contribution < -0.4 is 0 Å². The van der Waals surface area contributed by atoms with Crippen LogP contribution in [0, 0.1) is 0 Å². The van der Waals surface area contributed by atoms with Gasteiger partial charge in [0.05, 0.1) is 6.61 Å². The Kier molecular flexibility index (Phi) is 3.00. The molecule has 1 nitrogen and oxygen atoms in total. The van der Waals surface area contributed by atoms with Crippen LogP contribution in [0.4, 0.5) is 0 Å². The maximum absolute atomic E-state index is 9.09. The van der Waals surface area contributed by atoms with Gasteiger partial charge in [0.2, 0.25) is 0 Å². The predicted octanol–water partition coefficient (Wildman–Crippen LogP) is 2.48. The number of aryl methyl sites for hydroxylation is 2. The van der Waals surface area contributed by atoms with Crippen molar-refractivity contribution in [3.63, 3.8) is 0 Å². The molecule has 1 aliphatic rings. The molecule has 0 amide bonds. The zero-order valence-electron chi connectivity index (χ0n) is 8.37. The fourth-order valence-electron chi connectivity index (χ4n) is 2.02. The van der Waals surface area contributed by atoms with Gasteiger partial charge in [-0.1, -0.05) is 30.3 Å². The Morgan fingerprint density at radius 1 is 1.00 bits per heavy atom. The van der Waals surface area contributed by atoms with Gasteiger partial charge in [-0.3, -0.25) is 0 Å². The van der Waals surface area contributed by atoms with Gasteiger partial charge in [-0.2, -0.15) is 0 Å². The lowest BCUT2D eigenvalue weighted by Gasteiger charge is -2.13. The smallest absolute Gasteiger partial charge is 0.0641 e. The predicted molar refractivity (Wildman–Crippen MR) is 58.3 cm³/mol. The van der Waals surface area contributed by atoms with Crippen molar-refractivity contribution >= 4 is 0 Å². The van der Waals surface area contributed by atoms with Crippen LogP contribution in [-0.4, -0.2) is 11.7 Å². The summed E-state index contributed by atoms with van der Waals surface area (Å²) < 4.78 is 0. The molecule has 0 saturated heterocycles. The second-order valence-electron chi connectivity index (χ2n) is 3.83. The van der Waals surface area contributed by atoms with E-state index in [0.717, 1.165) is 25.7 Å². The van der Waals surface area contributed by atoms with E-state index in [4.69, 9.17) is 5.11 Å². The third-order valence-corrected chi connectivity index (χ3v) is 2.88. The molecule has 0 unspecified atom stereocenters. The van der Waals surface area contributed by atoms with E-state index in [1.807, 2.05) is 0 Å². The highest BCUT2D eigenvalue weighted by molar-refractivity contribution is 5.29. The number of fused-ring (bicyclic) bond motifs is 1. The van der Waals surface area contributed by atoms with Crippen LogP contribution in [0.15, 0.2) is 35.9 Å². The second-order valence-corrected chi connectivity index (χ2v) is 3.83. The SMILES string of the molecule is OC/C1=C/CCc2ccccc2CC1. The third kappa shape index (κ3) is 2.05. The normalized spacial score (nSPS) is 20.2. The van der Waals surface area contributed by atoms with E-state index in [1.54, 1.807) is 0 Å². The maximum Gasteiger partial charge on any atom is 0.0641 e. The largest absolute Gasteiger partial charge is 0.392 e. The number of hydrogen-bond acceptors (Lipinski definition) is 1. The number of hydrogen-bond donors (Lipinski definition) is 1. The molecule has 0 bridgehead atoms. The fourth-order valence-corrected chi connectivity index (χ4v) is 2.02. The van der Waals surface area contributed by atoms with Gasteiger partial charge in [0.25, 0.3) is 0 Å². The first-order valence-corrected chi connectivity index (χ1v) is 5.25. The molecule has 74 valence electrons. The average Bonchev–Trinajstić information content (AvgIpc) is 2.19. The summed E-state index contributed by atoms with van der Waals surface area (Å²) in [5.41, 5.74) is 4.12.